The molecular weight excluding hydrogens is 432 g/mol. The number of ether oxygens (including phenoxy) is 1. The number of rotatable bonds is 7. The molecule has 2 amide bonds. The zero-order chi connectivity index (χ0) is 24.3. The Labute approximate surface area is 200 Å². The molecule has 2 N–H and O–H groups in total. The van der Waals surface area contributed by atoms with Gasteiger partial charge in [-0.05, 0) is 42.0 Å². The van der Waals surface area contributed by atoms with Gasteiger partial charge in [-0.2, -0.15) is 0 Å². The number of alkyl carbamates (subject to hydrolysis) is 1. The number of hydrogen-bond donors (Lipinski definition) is 2. The molecule has 0 aromatic heterocycles. The van der Waals surface area contributed by atoms with Crippen LogP contribution in [0.5, 0.6) is 0 Å². The van der Waals surface area contributed by atoms with E-state index in [1.54, 1.807) is 14.0 Å². The molecule has 2 aliphatic rings. The predicted molar refractivity (Wildman–Crippen MR) is 129 cm³/mol. The average Bonchev–Trinajstić information content (AvgIpc) is 3.16. The zero-order valence-electron chi connectivity index (χ0n) is 19.8. The number of carboxylic acids is 1. The number of benzene rings is 2. The fourth-order valence-corrected chi connectivity index (χ4v) is 5.36. The van der Waals surface area contributed by atoms with Gasteiger partial charge in [0.05, 0.1) is 0 Å². The van der Waals surface area contributed by atoms with Crippen LogP contribution < -0.4 is 5.32 Å². The molecule has 1 fully saturated rings. The van der Waals surface area contributed by atoms with Gasteiger partial charge in [-0.15, -0.1) is 0 Å². The molecule has 0 aliphatic heterocycles. The van der Waals surface area contributed by atoms with Gasteiger partial charge in [0.25, 0.3) is 0 Å². The first-order valence-corrected chi connectivity index (χ1v) is 11.9. The lowest BCUT2D eigenvalue weighted by atomic mass is 9.80. The summed E-state index contributed by atoms with van der Waals surface area (Å²) in [6, 6.07) is 15.8. The predicted octanol–water partition coefficient (Wildman–Crippen LogP) is 4.55. The van der Waals surface area contributed by atoms with E-state index in [-0.39, 0.29) is 24.9 Å². The summed E-state index contributed by atoms with van der Waals surface area (Å²) in [5.74, 6) is -1.29. The van der Waals surface area contributed by atoms with Crippen LogP contribution >= 0.6 is 0 Å². The van der Waals surface area contributed by atoms with Gasteiger partial charge >= 0.3 is 12.1 Å². The minimum Gasteiger partial charge on any atom is -0.479 e. The van der Waals surface area contributed by atoms with Crippen molar-refractivity contribution in [2.45, 2.75) is 62.9 Å². The molecule has 34 heavy (non-hydrogen) atoms. The third kappa shape index (κ3) is 4.52. The van der Waals surface area contributed by atoms with Crippen LogP contribution in [0.4, 0.5) is 4.79 Å². The summed E-state index contributed by atoms with van der Waals surface area (Å²) in [5, 5.41) is 12.5. The average molecular weight is 465 g/mol. The van der Waals surface area contributed by atoms with E-state index in [2.05, 4.69) is 29.6 Å². The molecule has 2 aromatic rings. The summed E-state index contributed by atoms with van der Waals surface area (Å²) in [4.78, 5) is 38.7. The standard InChI is InChI=1S/C27H32N2O5/c1-18(16-24(30)29(2)27(25(31)32)14-8-3-9-15-27)28-26(33)34-17-23-21-12-6-4-10-19(21)20-11-5-7-13-22(20)23/h4-7,10-13,18,23H,3,8-9,14-17H2,1-2H3,(H,28,33)(H,31,32)/t18-/m0/s1. The number of hydrogen-bond acceptors (Lipinski definition) is 4. The van der Waals surface area contributed by atoms with Crippen molar-refractivity contribution in [1.82, 2.24) is 10.2 Å². The van der Waals surface area contributed by atoms with E-state index in [0.717, 1.165) is 41.5 Å². The van der Waals surface area contributed by atoms with Crippen LogP contribution in [0.1, 0.15) is 62.5 Å². The number of amides is 2. The Morgan fingerprint density at radius 1 is 1.03 bits per heavy atom. The largest absolute Gasteiger partial charge is 0.479 e. The number of likely N-dealkylation sites (N-methyl/N-ethyl adjacent to an activating group) is 1. The second-order valence-corrected chi connectivity index (χ2v) is 9.43. The molecule has 2 aliphatic carbocycles. The summed E-state index contributed by atoms with van der Waals surface area (Å²) < 4.78 is 5.56. The van der Waals surface area contributed by atoms with Crippen LogP contribution in [0.2, 0.25) is 0 Å². The number of aliphatic carboxylic acids is 1. The molecule has 4 rings (SSSR count). The maximum absolute atomic E-state index is 12.9. The highest BCUT2D eigenvalue weighted by molar-refractivity contribution is 5.87. The fraction of sp³-hybridized carbons (Fsp3) is 0.444. The molecule has 1 atom stereocenters. The van der Waals surface area contributed by atoms with E-state index in [1.165, 1.54) is 4.90 Å². The summed E-state index contributed by atoms with van der Waals surface area (Å²) in [6.07, 6.45) is 2.90. The highest BCUT2D eigenvalue weighted by atomic mass is 16.5. The fourth-order valence-electron chi connectivity index (χ4n) is 5.36. The van der Waals surface area contributed by atoms with Crippen LogP contribution in [0, 0.1) is 0 Å². The van der Waals surface area contributed by atoms with Gasteiger partial charge in [0, 0.05) is 25.4 Å². The van der Waals surface area contributed by atoms with Gasteiger partial charge in [-0.1, -0.05) is 67.8 Å². The van der Waals surface area contributed by atoms with Gasteiger partial charge in [-0.25, -0.2) is 9.59 Å². The molecule has 0 saturated heterocycles. The highest BCUT2D eigenvalue weighted by Crippen LogP contribution is 2.44. The van der Waals surface area contributed by atoms with E-state index in [9.17, 15) is 19.5 Å². The topological polar surface area (TPSA) is 95.9 Å². The van der Waals surface area contributed by atoms with Crippen molar-refractivity contribution in [2.75, 3.05) is 13.7 Å². The highest BCUT2D eigenvalue weighted by Gasteiger charge is 2.45. The third-order valence-corrected chi connectivity index (χ3v) is 7.28. The van der Waals surface area contributed by atoms with Crippen LogP contribution in [0.15, 0.2) is 48.5 Å². The van der Waals surface area contributed by atoms with E-state index in [1.807, 2.05) is 24.3 Å². The number of nitrogens with zero attached hydrogens (tertiary/aromatic N) is 1. The van der Waals surface area contributed by atoms with Crippen LogP contribution in [-0.4, -0.2) is 53.2 Å². The summed E-state index contributed by atoms with van der Waals surface area (Å²) in [7, 11) is 1.56. The first-order valence-electron chi connectivity index (χ1n) is 11.9. The normalized spacial score (nSPS) is 17.2. The Hall–Kier alpha value is -3.35. The van der Waals surface area contributed by atoms with Gasteiger partial charge < -0.3 is 20.1 Å². The molecule has 7 nitrogen and oxygen atoms in total. The van der Waals surface area contributed by atoms with Crippen molar-refractivity contribution in [1.29, 1.82) is 0 Å². The number of carbonyl (C=O) groups is 3. The lowest BCUT2D eigenvalue weighted by molar-refractivity contribution is -0.160. The quantitative estimate of drug-likeness (QED) is 0.627. The SMILES string of the molecule is C[C@@H](CC(=O)N(C)C1(C(=O)O)CCCCC1)NC(=O)OCC1c2ccccc2-c2ccccc21. The Balaban J connectivity index is 1.33. The second-order valence-electron chi connectivity index (χ2n) is 9.43. The number of nitrogens with one attached hydrogen (secondary N) is 1. The molecule has 0 spiro atoms. The Bertz CT molecular complexity index is 1030. The Morgan fingerprint density at radius 3 is 2.15 bits per heavy atom. The summed E-state index contributed by atoms with van der Waals surface area (Å²) in [6.45, 7) is 1.92. The van der Waals surface area contributed by atoms with E-state index < -0.39 is 23.6 Å². The Kier molecular flexibility index (Phi) is 6.91. The van der Waals surface area contributed by atoms with Crippen LogP contribution in [0.3, 0.4) is 0 Å². The number of carboxylic acid groups (broad SMARTS) is 1. The van der Waals surface area contributed by atoms with Gasteiger partial charge in [0.2, 0.25) is 5.91 Å². The van der Waals surface area contributed by atoms with Gasteiger partial charge in [0.15, 0.2) is 0 Å². The lowest BCUT2D eigenvalue weighted by Crippen LogP contribution is -2.57. The third-order valence-electron chi connectivity index (χ3n) is 7.28. The minimum absolute atomic E-state index is 0.00965. The molecule has 1 saturated carbocycles. The van der Waals surface area contributed by atoms with Crippen LogP contribution in [0.25, 0.3) is 11.1 Å². The van der Waals surface area contributed by atoms with E-state index in [0.29, 0.717) is 12.8 Å². The van der Waals surface area contributed by atoms with Crippen molar-refractivity contribution >= 4 is 18.0 Å². The molecular formula is C27H32N2O5. The zero-order valence-corrected chi connectivity index (χ0v) is 19.8. The molecule has 7 heteroatoms. The molecule has 0 bridgehead atoms. The van der Waals surface area contributed by atoms with Crippen molar-refractivity contribution in [3.8, 4) is 11.1 Å². The minimum atomic E-state index is -1.15. The summed E-state index contributed by atoms with van der Waals surface area (Å²) >= 11 is 0. The van der Waals surface area contributed by atoms with Crippen molar-refractivity contribution < 1.29 is 24.2 Å². The van der Waals surface area contributed by atoms with Crippen LogP contribution in [-0.2, 0) is 14.3 Å². The first-order chi connectivity index (χ1) is 16.3. The monoisotopic (exact) mass is 464 g/mol. The Morgan fingerprint density at radius 2 is 1.59 bits per heavy atom. The maximum atomic E-state index is 12.9. The number of carbonyl (C=O) groups excluding carboxylic acids is 2. The summed E-state index contributed by atoms with van der Waals surface area (Å²) in [5.41, 5.74) is 3.42. The second kappa shape index (κ2) is 9.87. The van der Waals surface area contributed by atoms with Crippen molar-refractivity contribution in [3.05, 3.63) is 59.7 Å². The molecule has 0 heterocycles. The number of fused-ring (bicyclic) bond motifs is 3. The molecule has 0 unspecified atom stereocenters. The van der Waals surface area contributed by atoms with E-state index in [4.69, 9.17) is 4.74 Å². The van der Waals surface area contributed by atoms with Crippen molar-refractivity contribution in [3.63, 3.8) is 0 Å². The lowest BCUT2D eigenvalue weighted by Gasteiger charge is -2.41. The molecule has 180 valence electrons. The maximum Gasteiger partial charge on any atom is 0.407 e. The van der Waals surface area contributed by atoms with Gasteiger partial charge in [0.1, 0.15) is 12.1 Å². The first kappa shape index (κ1) is 23.8. The van der Waals surface area contributed by atoms with Crippen molar-refractivity contribution in [2.24, 2.45) is 0 Å². The molecule has 2 aromatic carbocycles. The smallest absolute Gasteiger partial charge is 0.407 e. The van der Waals surface area contributed by atoms with E-state index >= 15 is 0 Å². The molecule has 0 radical (unpaired) electrons. The van der Waals surface area contributed by atoms with Gasteiger partial charge in [-0.3, -0.25) is 4.79 Å².